The van der Waals surface area contributed by atoms with Gasteiger partial charge in [0.15, 0.2) is 29.0 Å². The van der Waals surface area contributed by atoms with Crippen LogP contribution in [0.5, 0.6) is 11.5 Å². The fourth-order valence-corrected chi connectivity index (χ4v) is 3.19. The number of hydrogen-bond donors (Lipinski definition) is 2. The van der Waals surface area contributed by atoms with Gasteiger partial charge in [0.25, 0.3) is 17.4 Å². The lowest BCUT2D eigenvalue weighted by atomic mass is 10.1. The summed E-state index contributed by atoms with van der Waals surface area (Å²) < 4.78 is 86.1. The Bertz CT molecular complexity index is 1390. The average molecular weight is 469 g/mol. The highest BCUT2D eigenvalue weighted by Gasteiger charge is 2.34. The number of fused-ring (bicyclic) bond motifs is 1. The minimum absolute atomic E-state index is 0.0290. The van der Waals surface area contributed by atoms with E-state index in [2.05, 4.69) is 0 Å². The SMILES string of the molecule is Nc1c2c(cc(=O)n1-c1ccc(F)c(Oc3c(F)cc(C(F)(F)F)cc3F)c1)C(=O)NC2=O. The number of nitrogen functional groups attached to an aromatic ring is 1. The number of nitrogens with one attached hydrogen (secondary N) is 1. The van der Waals surface area contributed by atoms with E-state index < -0.39 is 63.9 Å². The molecule has 1 aliphatic rings. The second-order valence-corrected chi connectivity index (χ2v) is 6.76. The number of aromatic nitrogens is 1. The van der Waals surface area contributed by atoms with Crippen LogP contribution in [-0.4, -0.2) is 16.4 Å². The molecule has 2 amide bonds. The molecule has 0 fully saturated rings. The first-order valence-corrected chi connectivity index (χ1v) is 8.83. The molecule has 0 bridgehead atoms. The second kappa shape index (κ2) is 7.39. The molecule has 7 nitrogen and oxygen atoms in total. The number of halogens is 6. The topological polar surface area (TPSA) is 103 Å². The monoisotopic (exact) mass is 469 g/mol. The van der Waals surface area contributed by atoms with Gasteiger partial charge in [-0.3, -0.25) is 24.3 Å². The number of benzene rings is 2. The number of carbonyl (C=O) groups excluding carboxylic acids is 2. The van der Waals surface area contributed by atoms with E-state index >= 15 is 0 Å². The normalized spacial score (nSPS) is 13.2. The molecule has 3 aromatic rings. The van der Waals surface area contributed by atoms with Crippen LogP contribution in [0, 0.1) is 17.5 Å². The van der Waals surface area contributed by atoms with Gasteiger partial charge in [-0.1, -0.05) is 0 Å². The van der Waals surface area contributed by atoms with Crippen molar-refractivity contribution in [1.82, 2.24) is 9.88 Å². The molecule has 0 saturated heterocycles. The first-order valence-electron chi connectivity index (χ1n) is 8.83. The lowest BCUT2D eigenvalue weighted by molar-refractivity contribution is -0.138. The molecule has 33 heavy (non-hydrogen) atoms. The van der Waals surface area contributed by atoms with E-state index in [1.54, 1.807) is 0 Å². The van der Waals surface area contributed by atoms with Crippen LogP contribution in [-0.2, 0) is 6.18 Å². The molecule has 0 unspecified atom stereocenters. The number of hydrogen-bond acceptors (Lipinski definition) is 5. The van der Waals surface area contributed by atoms with E-state index in [1.807, 2.05) is 5.32 Å². The molecule has 1 aromatic heterocycles. The van der Waals surface area contributed by atoms with Crippen LogP contribution in [0.25, 0.3) is 5.69 Å². The molecule has 0 spiro atoms. The number of alkyl halides is 3. The maximum absolute atomic E-state index is 14.3. The first-order chi connectivity index (χ1) is 15.4. The Hall–Kier alpha value is -4.29. The fourth-order valence-electron chi connectivity index (χ4n) is 3.19. The molecule has 0 aliphatic carbocycles. The van der Waals surface area contributed by atoms with Crippen LogP contribution in [0.2, 0.25) is 0 Å². The third-order valence-corrected chi connectivity index (χ3v) is 4.66. The van der Waals surface area contributed by atoms with Crippen molar-refractivity contribution >= 4 is 17.6 Å². The van der Waals surface area contributed by atoms with E-state index in [9.17, 15) is 40.7 Å². The quantitative estimate of drug-likeness (QED) is 0.451. The van der Waals surface area contributed by atoms with Gasteiger partial charge in [-0.25, -0.2) is 13.2 Å². The minimum atomic E-state index is -5.04. The molecule has 0 saturated carbocycles. The van der Waals surface area contributed by atoms with Gasteiger partial charge in [-0.2, -0.15) is 13.2 Å². The maximum Gasteiger partial charge on any atom is 0.416 e. The second-order valence-electron chi connectivity index (χ2n) is 6.76. The van der Waals surface area contributed by atoms with Crippen LogP contribution < -0.4 is 21.3 Å². The summed E-state index contributed by atoms with van der Waals surface area (Å²) in [6.45, 7) is 0. The largest absolute Gasteiger partial charge is 0.448 e. The summed E-state index contributed by atoms with van der Waals surface area (Å²) in [7, 11) is 0. The van der Waals surface area contributed by atoms with E-state index in [-0.39, 0.29) is 28.9 Å². The predicted octanol–water partition coefficient (Wildman–Crippen LogP) is 3.53. The van der Waals surface area contributed by atoms with E-state index in [0.717, 1.165) is 24.3 Å². The molecular formula is C20H9F6N3O4. The molecule has 13 heteroatoms. The summed E-state index contributed by atoms with van der Waals surface area (Å²) in [6, 6.07) is 3.28. The zero-order valence-corrected chi connectivity index (χ0v) is 15.9. The van der Waals surface area contributed by atoms with Crippen LogP contribution in [0.3, 0.4) is 0 Å². The van der Waals surface area contributed by atoms with Crippen molar-refractivity contribution in [2.24, 2.45) is 0 Å². The number of carbonyl (C=O) groups is 2. The number of imide groups is 1. The first kappa shape index (κ1) is 21.9. The number of ether oxygens (including phenoxy) is 1. The molecular weight excluding hydrogens is 460 g/mol. The Kier molecular flexibility index (Phi) is 4.91. The van der Waals surface area contributed by atoms with Crippen molar-refractivity contribution in [2.75, 3.05) is 5.73 Å². The average Bonchev–Trinajstić information content (AvgIpc) is 2.99. The van der Waals surface area contributed by atoms with Gasteiger partial charge < -0.3 is 10.5 Å². The third kappa shape index (κ3) is 3.66. The summed E-state index contributed by atoms with van der Waals surface area (Å²) in [5.41, 5.74) is 2.52. The highest BCUT2D eigenvalue weighted by atomic mass is 19.4. The van der Waals surface area contributed by atoms with Crippen molar-refractivity contribution in [3.8, 4) is 17.2 Å². The van der Waals surface area contributed by atoms with Gasteiger partial charge in [0.1, 0.15) is 5.82 Å². The van der Waals surface area contributed by atoms with Crippen LogP contribution in [0.4, 0.5) is 32.2 Å². The van der Waals surface area contributed by atoms with E-state index in [4.69, 9.17) is 10.5 Å². The van der Waals surface area contributed by atoms with Crippen molar-refractivity contribution in [3.63, 3.8) is 0 Å². The summed E-state index contributed by atoms with van der Waals surface area (Å²) in [5, 5.41) is 1.95. The number of pyridine rings is 1. The minimum Gasteiger partial charge on any atom is -0.448 e. The number of amides is 2. The summed E-state index contributed by atoms with van der Waals surface area (Å²) in [4.78, 5) is 36.2. The van der Waals surface area contributed by atoms with Crippen molar-refractivity contribution in [3.05, 3.63) is 80.9 Å². The number of nitrogens with two attached hydrogens (primary N) is 1. The summed E-state index contributed by atoms with van der Waals surface area (Å²) >= 11 is 0. The Balaban J connectivity index is 1.81. The molecule has 0 radical (unpaired) electrons. The molecule has 2 heterocycles. The Labute approximate surface area is 179 Å². The van der Waals surface area contributed by atoms with Crippen molar-refractivity contribution in [2.45, 2.75) is 6.18 Å². The van der Waals surface area contributed by atoms with Crippen molar-refractivity contribution < 1.29 is 40.7 Å². The molecule has 2 aromatic carbocycles. The highest BCUT2D eigenvalue weighted by Crippen LogP contribution is 2.36. The highest BCUT2D eigenvalue weighted by molar-refractivity contribution is 6.23. The molecule has 170 valence electrons. The third-order valence-electron chi connectivity index (χ3n) is 4.66. The Morgan fingerprint density at radius 2 is 1.52 bits per heavy atom. The van der Waals surface area contributed by atoms with Crippen molar-refractivity contribution in [1.29, 1.82) is 0 Å². The van der Waals surface area contributed by atoms with Gasteiger partial charge in [-0.05, 0) is 24.3 Å². The fraction of sp³-hybridized carbons (Fsp3) is 0.0500. The lowest BCUT2D eigenvalue weighted by Gasteiger charge is -2.15. The number of nitrogens with zero attached hydrogens (tertiary/aromatic N) is 1. The molecule has 0 atom stereocenters. The smallest absolute Gasteiger partial charge is 0.416 e. The Morgan fingerprint density at radius 3 is 2.12 bits per heavy atom. The lowest BCUT2D eigenvalue weighted by Crippen LogP contribution is -2.24. The maximum atomic E-state index is 14.3. The molecule has 4 rings (SSSR count). The zero-order valence-electron chi connectivity index (χ0n) is 15.9. The van der Waals surface area contributed by atoms with Crippen LogP contribution in [0.1, 0.15) is 26.3 Å². The van der Waals surface area contributed by atoms with Gasteiger partial charge in [0, 0.05) is 12.1 Å². The van der Waals surface area contributed by atoms with E-state index in [1.165, 1.54) is 0 Å². The van der Waals surface area contributed by atoms with E-state index in [0.29, 0.717) is 4.57 Å². The zero-order chi connectivity index (χ0) is 24.2. The van der Waals surface area contributed by atoms with Gasteiger partial charge in [0.2, 0.25) is 0 Å². The number of anilines is 1. The Morgan fingerprint density at radius 1 is 0.879 bits per heavy atom. The summed E-state index contributed by atoms with van der Waals surface area (Å²) in [6.07, 6.45) is -5.04. The standard InChI is InChI=1S/C20H9F6N3O4/c21-10-2-1-8(29-14(30)6-9-15(17(29)27)19(32)28-18(9)31)5-13(10)33-16-11(22)3-7(4-12(16)23)20(24,25)26/h1-6H,27H2,(H,28,31,32). The predicted molar refractivity (Wildman–Crippen MR) is 99.6 cm³/mol. The summed E-state index contributed by atoms with van der Waals surface area (Å²) in [5.74, 6) is -9.08. The van der Waals surface area contributed by atoms with Crippen LogP contribution >= 0.6 is 0 Å². The van der Waals surface area contributed by atoms with Crippen LogP contribution in [0.15, 0.2) is 41.2 Å². The molecule has 1 aliphatic heterocycles. The van der Waals surface area contributed by atoms with Gasteiger partial charge >= 0.3 is 6.18 Å². The number of rotatable bonds is 3. The van der Waals surface area contributed by atoms with Gasteiger partial charge in [-0.15, -0.1) is 0 Å². The van der Waals surface area contributed by atoms with Gasteiger partial charge in [0.05, 0.1) is 22.4 Å². The molecule has 3 N–H and O–H groups in total.